The van der Waals surface area contributed by atoms with E-state index in [9.17, 15) is 13.2 Å². The molecule has 208 valence electrons. The van der Waals surface area contributed by atoms with Gasteiger partial charge in [-0.1, -0.05) is 48.5 Å². The smallest absolute Gasteiger partial charge is 0.267 e. The van der Waals surface area contributed by atoms with Gasteiger partial charge in [0.2, 0.25) is 10.0 Å². The molecule has 2 aromatic heterocycles. The third-order valence-corrected chi connectivity index (χ3v) is 8.57. The van der Waals surface area contributed by atoms with Crippen LogP contribution in [0.4, 0.5) is 5.69 Å². The number of carbonyl (C=O) groups excluding carboxylic acids is 1. The molecule has 0 bridgehead atoms. The van der Waals surface area contributed by atoms with E-state index in [4.69, 9.17) is 10.2 Å². The van der Waals surface area contributed by atoms with Crippen LogP contribution in [0.1, 0.15) is 11.1 Å². The van der Waals surface area contributed by atoms with E-state index in [0.717, 1.165) is 5.69 Å². The van der Waals surface area contributed by atoms with Crippen LogP contribution in [0.25, 0.3) is 23.0 Å². The van der Waals surface area contributed by atoms with Crippen LogP contribution >= 0.6 is 0 Å². The summed E-state index contributed by atoms with van der Waals surface area (Å²) in [7, 11) is -0.700. The fourth-order valence-corrected chi connectivity index (χ4v) is 5.55. The predicted molar refractivity (Wildman–Crippen MR) is 163 cm³/mol. The molecule has 10 heteroatoms. The van der Waals surface area contributed by atoms with Crippen molar-refractivity contribution in [2.45, 2.75) is 4.90 Å². The Kier molecular flexibility index (Phi) is 7.07. The number of para-hydroxylation sites is 2. The molecule has 0 N–H and O–H groups in total. The maximum atomic E-state index is 13.9. The molecule has 0 saturated carbocycles. The number of pyridine rings is 1. The third-order valence-electron chi connectivity index (χ3n) is 6.76. The molecule has 0 spiro atoms. The molecule has 6 rings (SSSR count). The van der Waals surface area contributed by atoms with Gasteiger partial charge in [0.05, 0.1) is 21.8 Å². The van der Waals surface area contributed by atoms with Gasteiger partial charge in [-0.2, -0.15) is 15.2 Å². The highest BCUT2D eigenvalue weighted by atomic mass is 32.2. The molecular formula is C32H26N6O3S. The van der Waals surface area contributed by atoms with Crippen molar-refractivity contribution < 1.29 is 13.2 Å². The summed E-state index contributed by atoms with van der Waals surface area (Å²) >= 11 is 0. The van der Waals surface area contributed by atoms with Crippen molar-refractivity contribution in [1.82, 2.24) is 19.1 Å². The minimum atomic E-state index is -3.68. The van der Waals surface area contributed by atoms with E-state index in [1.165, 1.54) is 23.4 Å². The number of hydrazone groups is 1. The van der Waals surface area contributed by atoms with Crippen molar-refractivity contribution in [3.63, 3.8) is 0 Å². The van der Waals surface area contributed by atoms with Crippen LogP contribution in [0.3, 0.4) is 0 Å². The summed E-state index contributed by atoms with van der Waals surface area (Å²) in [6.45, 7) is 0. The average molecular weight is 575 g/mol. The zero-order valence-corrected chi connectivity index (χ0v) is 23.7. The van der Waals surface area contributed by atoms with E-state index in [2.05, 4.69) is 4.98 Å². The number of aromatic nitrogens is 3. The number of carbonyl (C=O) groups is 1. The van der Waals surface area contributed by atoms with Crippen molar-refractivity contribution in [3.05, 3.63) is 132 Å². The van der Waals surface area contributed by atoms with E-state index in [0.29, 0.717) is 39.4 Å². The fourth-order valence-electron chi connectivity index (χ4n) is 4.61. The maximum Gasteiger partial charge on any atom is 0.281 e. The van der Waals surface area contributed by atoms with E-state index < -0.39 is 10.0 Å². The molecule has 1 amide bonds. The Bertz CT molecular complexity index is 1930. The molecule has 0 atom stereocenters. The first-order valence-corrected chi connectivity index (χ1v) is 14.6. The zero-order valence-electron chi connectivity index (χ0n) is 22.9. The summed E-state index contributed by atoms with van der Waals surface area (Å²) in [5, 5.41) is 10.9. The van der Waals surface area contributed by atoms with Crippen molar-refractivity contribution in [2.75, 3.05) is 19.1 Å². The Morgan fingerprint density at radius 3 is 2.17 bits per heavy atom. The van der Waals surface area contributed by atoms with Crippen LogP contribution in [0, 0.1) is 0 Å². The van der Waals surface area contributed by atoms with E-state index in [-0.39, 0.29) is 10.8 Å². The van der Waals surface area contributed by atoms with Crippen molar-refractivity contribution >= 4 is 33.4 Å². The second kappa shape index (κ2) is 11.0. The van der Waals surface area contributed by atoms with Gasteiger partial charge in [0.1, 0.15) is 11.4 Å². The number of hydrogen-bond acceptors (Lipinski definition) is 6. The molecule has 0 radical (unpaired) electrons. The van der Waals surface area contributed by atoms with Gasteiger partial charge < -0.3 is 0 Å². The minimum absolute atomic E-state index is 0.141. The zero-order chi connectivity index (χ0) is 29.3. The van der Waals surface area contributed by atoms with Gasteiger partial charge in [-0.25, -0.2) is 17.4 Å². The lowest BCUT2D eigenvalue weighted by Gasteiger charge is -2.12. The highest BCUT2D eigenvalue weighted by Crippen LogP contribution is 2.32. The first-order chi connectivity index (χ1) is 20.3. The van der Waals surface area contributed by atoms with Crippen LogP contribution < -0.4 is 5.01 Å². The summed E-state index contributed by atoms with van der Waals surface area (Å²) in [6, 6.07) is 29.1. The highest BCUT2D eigenvalue weighted by molar-refractivity contribution is 7.89. The molecule has 0 aliphatic carbocycles. The summed E-state index contributed by atoms with van der Waals surface area (Å²) < 4.78 is 28.8. The summed E-state index contributed by atoms with van der Waals surface area (Å²) in [5.74, 6) is -0.303. The standard InChI is InChI=1S/C32H26N6O3S/c1-36(2)42(40,41)28-17-9-11-23(19-28)30-25(22-37(34-30)26-13-5-3-6-14-26)20-29-31(24-12-10-18-33-21-24)35-38(32(29)39)27-15-7-4-8-16-27/h3-22H,1-2H3. The van der Waals surface area contributed by atoms with Crippen LogP contribution in [0.5, 0.6) is 0 Å². The van der Waals surface area contributed by atoms with Crippen molar-refractivity contribution in [3.8, 4) is 16.9 Å². The summed E-state index contributed by atoms with van der Waals surface area (Å²) in [6.07, 6.45) is 6.91. The Morgan fingerprint density at radius 1 is 0.810 bits per heavy atom. The topological polar surface area (TPSA) is 101 Å². The summed E-state index contributed by atoms with van der Waals surface area (Å²) in [5.41, 5.74) is 4.68. The van der Waals surface area contributed by atoms with E-state index in [1.807, 2.05) is 72.9 Å². The van der Waals surface area contributed by atoms with Crippen LogP contribution in [-0.4, -0.2) is 53.2 Å². The number of hydrogen-bond donors (Lipinski definition) is 0. The Balaban J connectivity index is 1.54. The molecule has 0 saturated heterocycles. The Labute approximate surface area is 243 Å². The number of benzene rings is 3. The van der Waals surface area contributed by atoms with Crippen molar-refractivity contribution in [1.29, 1.82) is 0 Å². The summed E-state index contributed by atoms with van der Waals surface area (Å²) in [4.78, 5) is 18.3. The highest BCUT2D eigenvalue weighted by Gasteiger charge is 2.33. The lowest BCUT2D eigenvalue weighted by Crippen LogP contribution is -2.22. The van der Waals surface area contributed by atoms with E-state index in [1.54, 1.807) is 53.5 Å². The molecule has 9 nitrogen and oxygen atoms in total. The van der Waals surface area contributed by atoms with Crippen LogP contribution in [0.15, 0.2) is 131 Å². The number of anilines is 1. The molecule has 5 aromatic rings. The van der Waals surface area contributed by atoms with Crippen LogP contribution in [0.2, 0.25) is 0 Å². The molecule has 3 heterocycles. The molecular weight excluding hydrogens is 548 g/mol. The third kappa shape index (κ3) is 5.05. The van der Waals surface area contributed by atoms with E-state index >= 15 is 0 Å². The maximum absolute atomic E-state index is 13.9. The molecule has 1 aliphatic rings. The normalized spacial score (nSPS) is 14.5. The number of amides is 1. The monoisotopic (exact) mass is 574 g/mol. The number of nitrogens with zero attached hydrogens (tertiary/aromatic N) is 6. The Hall–Kier alpha value is -5.19. The average Bonchev–Trinajstić information content (AvgIpc) is 3.60. The van der Waals surface area contributed by atoms with Crippen molar-refractivity contribution in [2.24, 2.45) is 5.10 Å². The first-order valence-electron chi connectivity index (χ1n) is 13.1. The lowest BCUT2D eigenvalue weighted by molar-refractivity contribution is -0.114. The SMILES string of the molecule is CN(C)S(=O)(=O)c1cccc(-c2nn(-c3ccccc3)cc2C=C2C(=O)N(c3ccccc3)N=C2c2cccnc2)c1. The van der Waals surface area contributed by atoms with Gasteiger partial charge in [0.15, 0.2) is 0 Å². The molecule has 3 aromatic carbocycles. The number of rotatable bonds is 7. The predicted octanol–water partition coefficient (Wildman–Crippen LogP) is 5.02. The van der Waals surface area contributed by atoms with Gasteiger partial charge in [-0.15, -0.1) is 0 Å². The minimum Gasteiger partial charge on any atom is -0.267 e. The van der Waals surface area contributed by atoms with Gasteiger partial charge >= 0.3 is 0 Å². The number of sulfonamides is 1. The molecule has 42 heavy (non-hydrogen) atoms. The second-order valence-electron chi connectivity index (χ2n) is 9.73. The van der Waals surface area contributed by atoms with Gasteiger partial charge in [0, 0.05) is 49.4 Å². The lowest BCUT2D eigenvalue weighted by atomic mass is 10.00. The van der Waals surface area contributed by atoms with Gasteiger partial charge in [0.25, 0.3) is 5.91 Å². The molecule has 0 fully saturated rings. The Morgan fingerprint density at radius 2 is 1.50 bits per heavy atom. The largest absolute Gasteiger partial charge is 0.281 e. The van der Waals surface area contributed by atoms with Gasteiger partial charge in [-0.3, -0.25) is 9.78 Å². The molecule has 1 aliphatic heterocycles. The second-order valence-corrected chi connectivity index (χ2v) is 11.9. The molecule has 0 unspecified atom stereocenters. The van der Waals surface area contributed by atoms with Crippen LogP contribution in [-0.2, 0) is 14.8 Å². The fraction of sp³-hybridized carbons (Fsp3) is 0.0625. The first kappa shape index (κ1) is 27.0. The quantitative estimate of drug-likeness (QED) is 0.254. The van der Waals surface area contributed by atoms with Gasteiger partial charge in [-0.05, 0) is 54.6 Å².